The zero-order chi connectivity index (χ0) is 15.1. The Morgan fingerprint density at radius 1 is 0.857 bits per heavy atom. The van der Waals surface area contributed by atoms with Gasteiger partial charge in [0.2, 0.25) is 0 Å². The first-order chi connectivity index (χ1) is 10.2. The van der Waals surface area contributed by atoms with Gasteiger partial charge in [0.25, 0.3) is 0 Å². The van der Waals surface area contributed by atoms with Crippen molar-refractivity contribution in [1.82, 2.24) is 0 Å². The van der Waals surface area contributed by atoms with E-state index in [4.69, 9.17) is 4.74 Å². The molecule has 120 valence electrons. The van der Waals surface area contributed by atoms with Crippen molar-refractivity contribution in [2.24, 2.45) is 17.8 Å². The highest BCUT2D eigenvalue weighted by Gasteiger charge is 2.29. The van der Waals surface area contributed by atoms with Crippen molar-refractivity contribution in [3.05, 3.63) is 24.5 Å². The highest BCUT2D eigenvalue weighted by atomic mass is 16.5. The van der Waals surface area contributed by atoms with Crippen molar-refractivity contribution in [2.75, 3.05) is 7.11 Å². The van der Waals surface area contributed by atoms with Gasteiger partial charge in [-0.05, 0) is 62.7 Å². The van der Waals surface area contributed by atoms with Gasteiger partial charge in [0.15, 0.2) is 0 Å². The molecule has 2 aliphatic carbocycles. The van der Waals surface area contributed by atoms with Gasteiger partial charge in [0.1, 0.15) is 0 Å². The van der Waals surface area contributed by atoms with Crippen LogP contribution in [0.4, 0.5) is 0 Å². The van der Waals surface area contributed by atoms with Crippen molar-refractivity contribution in [3.8, 4) is 0 Å². The largest absolute Gasteiger partial charge is 0.502 e. The second kappa shape index (κ2) is 8.66. The maximum atomic E-state index is 5.13. The molecule has 1 heteroatoms. The summed E-state index contributed by atoms with van der Waals surface area (Å²) >= 11 is 0. The Hall–Kier alpha value is -0.720. The van der Waals surface area contributed by atoms with Crippen LogP contribution in [-0.2, 0) is 4.74 Å². The molecule has 0 amide bonds. The van der Waals surface area contributed by atoms with Gasteiger partial charge in [-0.25, -0.2) is 0 Å². The SMILES string of the molecule is C=C(CCCCC(=C)C1CCC2CCCCC2CC1)OC. The van der Waals surface area contributed by atoms with Crippen molar-refractivity contribution < 1.29 is 4.74 Å². The van der Waals surface area contributed by atoms with Crippen molar-refractivity contribution >= 4 is 0 Å². The number of rotatable bonds is 7. The monoisotopic (exact) mass is 290 g/mol. The predicted molar refractivity (Wildman–Crippen MR) is 91.2 cm³/mol. The summed E-state index contributed by atoms with van der Waals surface area (Å²) < 4.78 is 5.13. The first-order valence-corrected chi connectivity index (χ1v) is 9.10. The Kier molecular flexibility index (Phi) is 6.86. The summed E-state index contributed by atoms with van der Waals surface area (Å²) in [5.74, 6) is 3.81. The number of fused-ring (bicyclic) bond motifs is 1. The molecule has 0 aliphatic heterocycles. The number of allylic oxidation sites excluding steroid dienone is 2. The Balaban J connectivity index is 1.69. The molecule has 0 aromatic rings. The van der Waals surface area contributed by atoms with Crippen LogP contribution >= 0.6 is 0 Å². The van der Waals surface area contributed by atoms with Crippen LogP contribution in [0.15, 0.2) is 24.5 Å². The Labute approximate surface area is 131 Å². The number of hydrogen-bond donors (Lipinski definition) is 0. The molecule has 2 unspecified atom stereocenters. The lowest BCUT2D eigenvalue weighted by molar-refractivity contribution is 0.224. The third-order valence-corrected chi connectivity index (χ3v) is 5.91. The topological polar surface area (TPSA) is 9.23 Å². The molecule has 0 heterocycles. The van der Waals surface area contributed by atoms with Crippen LogP contribution in [0.3, 0.4) is 0 Å². The van der Waals surface area contributed by atoms with Gasteiger partial charge < -0.3 is 4.74 Å². The highest BCUT2D eigenvalue weighted by molar-refractivity contribution is 5.02. The summed E-state index contributed by atoms with van der Waals surface area (Å²) in [6, 6.07) is 0. The van der Waals surface area contributed by atoms with E-state index in [2.05, 4.69) is 13.2 Å². The molecular weight excluding hydrogens is 256 g/mol. The van der Waals surface area contributed by atoms with E-state index < -0.39 is 0 Å². The number of ether oxygens (including phenoxy) is 1. The molecule has 2 rings (SSSR count). The molecule has 0 bridgehead atoms. The fourth-order valence-electron chi connectivity index (χ4n) is 4.41. The summed E-state index contributed by atoms with van der Waals surface area (Å²) in [7, 11) is 1.71. The number of unbranched alkanes of at least 4 members (excludes halogenated alkanes) is 1. The van der Waals surface area contributed by atoms with Crippen molar-refractivity contribution in [3.63, 3.8) is 0 Å². The molecule has 21 heavy (non-hydrogen) atoms. The van der Waals surface area contributed by atoms with E-state index in [-0.39, 0.29) is 0 Å². The maximum absolute atomic E-state index is 5.13. The zero-order valence-electron chi connectivity index (χ0n) is 14.0. The van der Waals surface area contributed by atoms with Crippen molar-refractivity contribution in [1.29, 1.82) is 0 Å². The normalized spacial score (nSPS) is 29.3. The summed E-state index contributed by atoms with van der Waals surface area (Å²) in [5.41, 5.74) is 1.52. The van der Waals surface area contributed by atoms with Crippen LogP contribution in [0.1, 0.15) is 77.0 Å². The molecule has 0 radical (unpaired) electrons. The third-order valence-electron chi connectivity index (χ3n) is 5.91. The fourth-order valence-corrected chi connectivity index (χ4v) is 4.41. The highest BCUT2D eigenvalue weighted by Crippen LogP contribution is 2.42. The summed E-state index contributed by atoms with van der Waals surface area (Å²) in [5, 5.41) is 0. The van der Waals surface area contributed by atoms with Gasteiger partial charge in [-0.2, -0.15) is 0 Å². The van der Waals surface area contributed by atoms with Gasteiger partial charge in [0, 0.05) is 6.42 Å². The second-order valence-corrected chi connectivity index (χ2v) is 7.26. The minimum Gasteiger partial charge on any atom is -0.502 e. The van der Waals surface area contributed by atoms with Crippen LogP contribution in [0.2, 0.25) is 0 Å². The number of methoxy groups -OCH3 is 1. The summed E-state index contributed by atoms with van der Waals surface area (Å²) in [6.45, 7) is 8.31. The van der Waals surface area contributed by atoms with E-state index in [0.29, 0.717) is 0 Å². The third kappa shape index (κ3) is 5.20. The molecule has 1 nitrogen and oxygen atoms in total. The summed E-state index contributed by atoms with van der Waals surface area (Å²) in [6.07, 6.45) is 16.3. The van der Waals surface area contributed by atoms with Crippen LogP contribution < -0.4 is 0 Å². The lowest BCUT2D eigenvalue weighted by atomic mass is 9.77. The summed E-state index contributed by atoms with van der Waals surface area (Å²) in [4.78, 5) is 0. The van der Waals surface area contributed by atoms with Gasteiger partial charge in [-0.1, -0.05) is 44.4 Å². The van der Waals surface area contributed by atoms with Crippen LogP contribution in [-0.4, -0.2) is 7.11 Å². The fraction of sp³-hybridized carbons (Fsp3) is 0.800. The van der Waals surface area contributed by atoms with E-state index in [1.807, 2.05) is 0 Å². The molecule has 2 atom stereocenters. The Morgan fingerprint density at radius 2 is 1.43 bits per heavy atom. The number of hydrogen-bond acceptors (Lipinski definition) is 1. The van der Waals surface area contributed by atoms with E-state index in [1.165, 1.54) is 76.2 Å². The lowest BCUT2D eigenvalue weighted by Gasteiger charge is -2.29. The van der Waals surface area contributed by atoms with E-state index in [1.54, 1.807) is 7.11 Å². The Bertz CT molecular complexity index is 328. The van der Waals surface area contributed by atoms with E-state index in [0.717, 1.165) is 29.9 Å². The molecule has 0 aromatic carbocycles. The van der Waals surface area contributed by atoms with Crippen LogP contribution in [0.25, 0.3) is 0 Å². The first kappa shape index (κ1) is 16.6. The van der Waals surface area contributed by atoms with Crippen LogP contribution in [0.5, 0.6) is 0 Å². The minimum absolute atomic E-state index is 0.807. The van der Waals surface area contributed by atoms with Crippen molar-refractivity contribution in [2.45, 2.75) is 77.0 Å². The first-order valence-electron chi connectivity index (χ1n) is 9.10. The maximum Gasteiger partial charge on any atom is 0.0883 e. The molecule has 0 aromatic heterocycles. The van der Waals surface area contributed by atoms with Crippen LogP contribution in [0, 0.1) is 17.8 Å². The molecule has 0 N–H and O–H groups in total. The quantitative estimate of drug-likeness (QED) is 0.305. The van der Waals surface area contributed by atoms with E-state index >= 15 is 0 Å². The molecule has 2 fully saturated rings. The second-order valence-electron chi connectivity index (χ2n) is 7.26. The molecular formula is C20H34O. The molecule has 2 aliphatic rings. The molecule has 2 saturated carbocycles. The smallest absolute Gasteiger partial charge is 0.0883 e. The van der Waals surface area contributed by atoms with Gasteiger partial charge in [-0.15, -0.1) is 0 Å². The standard InChI is InChI=1S/C20H34O/c1-16(8-4-5-9-17(2)21-3)18-12-14-19-10-6-7-11-20(19)15-13-18/h18-20H,1-2,4-15H2,3H3. The zero-order valence-corrected chi connectivity index (χ0v) is 14.0. The molecule has 0 spiro atoms. The Morgan fingerprint density at radius 3 is 2.00 bits per heavy atom. The van der Waals surface area contributed by atoms with Gasteiger partial charge in [-0.3, -0.25) is 0 Å². The average Bonchev–Trinajstić information content (AvgIpc) is 2.73. The lowest BCUT2D eigenvalue weighted by Crippen LogP contribution is -2.17. The van der Waals surface area contributed by atoms with Gasteiger partial charge in [0.05, 0.1) is 12.9 Å². The van der Waals surface area contributed by atoms with Gasteiger partial charge >= 0.3 is 0 Å². The molecule has 0 saturated heterocycles. The average molecular weight is 290 g/mol. The van der Waals surface area contributed by atoms with E-state index in [9.17, 15) is 0 Å². The minimum atomic E-state index is 0.807. The predicted octanol–water partition coefficient (Wildman–Crippen LogP) is 6.26.